The first kappa shape index (κ1) is 66.0. The van der Waals surface area contributed by atoms with E-state index in [0.29, 0.717) is 11.8 Å². The third kappa shape index (κ3) is 19.4. The van der Waals surface area contributed by atoms with Crippen LogP contribution in [-0.2, 0) is 25.9 Å². The molecule has 0 aliphatic carbocycles. The average molecular weight is 1190 g/mol. The number of thiophene rings is 2. The van der Waals surface area contributed by atoms with Crippen molar-refractivity contribution in [1.82, 2.24) is 17.1 Å². The van der Waals surface area contributed by atoms with Crippen molar-refractivity contribution in [3.63, 3.8) is 0 Å². The van der Waals surface area contributed by atoms with Crippen molar-refractivity contribution in [2.45, 2.75) is 337 Å². The van der Waals surface area contributed by atoms with Gasteiger partial charge < -0.3 is 0 Å². The molecular formula is C70H116N4O2S2Se. The van der Waals surface area contributed by atoms with Gasteiger partial charge in [0.2, 0.25) is 0 Å². The maximum atomic E-state index is 13.5. The number of methoxy groups -OCH3 is 1. The van der Waals surface area contributed by atoms with Crippen molar-refractivity contribution in [2.75, 3.05) is 7.11 Å². The number of aldehydes is 1. The molecule has 0 bridgehead atoms. The molecule has 79 heavy (non-hydrogen) atoms. The van der Waals surface area contributed by atoms with Gasteiger partial charge in [0, 0.05) is 0 Å². The molecule has 0 amide bonds. The molecule has 5 heterocycles. The van der Waals surface area contributed by atoms with E-state index >= 15 is 0 Å². The number of hydrogen-bond acceptors (Lipinski definition) is 6. The van der Waals surface area contributed by atoms with Crippen LogP contribution in [-0.4, -0.2) is 45.5 Å². The molecule has 6 rings (SSSR count). The molecule has 2 atom stereocenters. The number of benzene rings is 1. The van der Waals surface area contributed by atoms with Crippen LogP contribution in [0.5, 0.6) is 5.06 Å². The first-order chi connectivity index (χ1) is 39.0. The van der Waals surface area contributed by atoms with Gasteiger partial charge in [0.25, 0.3) is 0 Å². The van der Waals surface area contributed by atoms with Crippen LogP contribution in [0.3, 0.4) is 0 Å². The zero-order valence-electron chi connectivity index (χ0n) is 52.1. The monoisotopic (exact) mass is 1190 g/mol. The Morgan fingerprint density at radius 1 is 0.418 bits per heavy atom. The third-order valence-electron chi connectivity index (χ3n) is 18.2. The van der Waals surface area contributed by atoms with E-state index in [9.17, 15) is 4.79 Å². The fourth-order valence-electron chi connectivity index (χ4n) is 13.6. The number of aromatic nitrogens is 4. The van der Waals surface area contributed by atoms with Gasteiger partial charge in [0.05, 0.1) is 0 Å². The van der Waals surface area contributed by atoms with Crippen LogP contribution in [0.1, 0.15) is 332 Å². The number of carbonyl (C=O) groups is 1. The minimum atomic E-state index is -0.212. The van der Waals surface area contributed by atoms with Gasteiger partial charge in [0.1, 0.15) is 0 Å². The van der Waals surface area contributed by atoms with Crippen molar-refractivity contribution >= 4 is 97.2 Å². The molecule has 0 spiro atoms. The Labute approximate surface area is 497 Å². The van der Waals surface area contributed by atoms with E-state index in [1.165, 1.54) is 323 Å². The van der Waals surface area contributed by atoms with Crippen molar-refractivity contribution < 1.29 is 9.53 Å². The zero-order valence-corrected chi connectivity index (χ0v) is 55.4. The third-order valence-corrected chi connectivity index (χ3v) is 21.7. The van der Waals surface area contributed by atoms with E-state index < -0.39 is 0 Å². The first-order valence-electron chi connectivity index (χ1n) is 34.2. The summed E-state index contributed by atoms with van der Waals surface area (Å²) >= 11 is 3.50. The van der Waals surface area contributed by atoms with Crippen LogP contribution in [0.4, 0.5) is 0 Å². The van der Waals surface area contributed by atoms with Gasteiger partial charge in [-0.2, -0.15) is 0 Å². The summed E-state index contributed by atoms with van der Waals surface area (Å²) in [5, 5.41) is 3.78. The van der Waals surface area contributed by atoms with E-state index in [4.69, 9.17) is 12.7 Å². The van der Waals surface area contributed by atoms with E-state index in [1.807, 2.05) is 18.4 Å². The normalized spacial score (nSPS) is 13.0. The number of fused-ring (bicyclic) bond motifs is 10. The van der Waals surface area contributed by atoms with Gasteiger partial charge in [-0.3, -0.25) is 0 Å². The number of aryl methyl sites for hydroxylation is 2. The minimum absolute atomic E-state index is 0.212. The van der Waals surface area contributed by atoms with Crippen LogP contribution >= 0.6 is 22.7 Å². The summed E-state index contributed by atoms with van der Waals surface area (Å²) < 4.78 is 26.0. The second kappa shape index (κ2) is 38.6. The van der Waals surface area contributed by atoms with E-state index in [0.717, 1.165) is 53.3 Å². The second-order valence-electron chi connectivity index (χ2n) is 24.8. The maximum absolute atomic E-state index is 13.5. The molecule has 2 unspecified atom stereocenters. The van der Waals surface area contributed by atoms with Crippen LogP contribution in [0.15, 0.2) is 0 Å². The number of rotatable bonds is 50. The molecule has 0 saturated heterocycles. The summed E-state index contributed by atoms with van der Waals surface area (Å²) in [6.07, 6.45) is 58.8. The molecule has 0 radical (unpaired) electrons. The predicted molar refractivity (Wildman–Crippen MR) is 353 cm³/mol. The van der Waals surface area contributed by atoms with E-state index in [-0.39, 0.29) is 15.0 Å². The Hall–Kier alpha value is -2.19. The molecule has 0 aliphatic rings. The Balaban J connectivity index is 1.57. The van der Waals surface area contributed by atoms with Crippen LogP contribution < -0.4 is 4.74 Å². The molecule has 1 aromatic carbocycles. The van der Waals surface area contributed by atoms with Crippen molar-refractivity contribution in [3.05, 3.63) is 16.0 Å². The standard InChI is InChI=1S/C70H116N4O2S2Se/c1-8-14-20-26-30-32-34-38-44-50-57-59(54-75)77-68-60-62-63(72-79-71-62)61-67(66(60)73(64(57)68)52-55(46-40-24-18-12-5)48-42-36-28-22-16-10-3)74(53-56(47-41-25-19-13-6)49-43-37-29-23-17-11-4)65-58(70(76-7)78-69(61)65)51-45-39-35-33-31-27-21-15-9-2/h54-56H,8-53H2,1-7H3. The topological polar surface area (TPSA) is 61.9 Å². The number of nitrogens with zero attached hydrogens (tertiary/aromatic N) is 4. The van der Waals surface area contributed by atoms with Gasteiger partial charge in [-0.25, -0.2) is 0 Å². The zero-order chi connectivity index (χ0) is 55.9. The number of hydrogen-bond donors (Lipinski definition) is 0. The van der Waals surface area contributed by atoms with Gasteiger partial charge >= 0.3 is 382 Å². The Kier molecular flexibility index (Phi) is 32.2. The summed E-state index contributed by atoms with van der Waals surface area (Å²) in [6.45, 7) is 16.1. The number of unbranched alkanes of at least 4 members (excludes halogenated alkanes) is 32. The average Bonchev–Trinajstić information content (AvgIpc) is 3.37. The summed E-state index contributed by atoms with van der Waals surface area (Å²) in [5.41, 5.74) is 10.7. The Bertz CT molecular complexity index is 2580. The molecular weight excluding hydrogens is 1070 g/mol. The van der Waals surface area contributed by atoms with Crippen molar-refractivity contribution in [1.29, 1.82) is 0 Å². The van der Waals surface area contributed by atoms with Crippen LogP contribution in [0, 0.1) is 11.8 Å². The van der Waals surface area contributed by atoms with Crippen LogP contribution in [0.25, 0.3) is 53.3 Å². The van der Waals surface area contributed by atoms with Gasteiger partial charge in [0.15, 0.2) is 0 Å². The van der Waals surface area contributed by atoms with Crippen molar-refractivity contribution in [3.8, 4) is 5.06 Å². The van der Waals surface area contributed by atoms with Gasteiger partial charge in [-0.05, 0) is 0 Å². The van der Waals surface area contributed by atoms with Gasteiger partial charge in [-0.1, -0.05) is 119 Å². The number of carbonyl (C=O) groups excluding carboxylic acids is 1. The summed E-state index contributed by atoms with van der Waals surface area (Å²) in [5.74, 6) is 1.19. The fourth-order valence-corrected chi connectivity index (χ4v) is 17.2. The molecule has 0 N–H and O–H groups in total. The molecule has 446 valence electrons. The molecule has 0 fully saturated rings. The fraction of sp³-hybridized carbons (Fsp3) is 0.786. The van der Waals surface area contributed by atoms with Gasteiger partial charge in [-0.15, -0.1) is 0 Å². The Morgan fingerprint density at radius 2 is 0.734 bits per heavy atom. The molecule has 9 heteroatoms. The Morgan fingerprint density at radius 3 is 1.10 bits per heavy atom. The quantitative estimate of drug-likeness (QED) is 0.0217. The number of ether oxygens (including phenoxy) is 1. The second-order valence-corrected chi connectivity index (χ2v) is 28.0. The summed E-state index contributed by atoms with van der Waals surface area (Å²) in [6, 6.07) is 0. The van der Waals surface area contributed by atoms with E-state index in [2.05, 4.69) is 50.7 Å². The molecule has 0 aliphatic heterocycles. The predicted octanol–water partition coefficient (Wildman–Crippen LogP) is 23.7. The molecule has 5 aromatic heterocycles. The van der Waals surface area contributed by atoms with Crippen LogP contribution in [0.2, 0.25) is 0 Å². The summed E-state index contributed by atoms with van der Waals surface area (Å²) in [7, 11) is 1.93. The van der Waals surface area contributed by atoms with E-state index in [1.54, 1.807) is 11.3 Å². The molecule has 0 saturated carbocycles. The molecule has 6 nitrogen and oxygen atoms in total. The summed E-state index contributed by atoms with van der Waals surface area (Å²) in [4.78, 5) is 14.5. The SMILES string of the molecule is CCCCCCCCCCCc1c(C=O)sc2c3c4n[se]nc4c4c5sc(OC)c(CCCCCCCCCCC)c5n(CC(CCCCCC)CCCCCCCC)c4c3n(CC(CCCCCC)CCCCCCCC)c12. The molecule has 6 aromatic rings. The first-order valence-corrected chi connectivity index (χ1v) is 37.4. The van der Waals surface area contributed by atoms with Crippen molar-refractivity contribution in [2.24, 2.45) is 11.8 Å².